The average Bonchev–Trinajstić information content (AvgIpc) is 2.67. The highest BCUT2D eigenvalue weighted by Gasteiger charge is 2.09. The van der Waals surface area contributed by atoms with Crippen molar-refractivity contribution < 1.29 is 14.7 Å². The lowest BCUT2D eigenvalue weighted by atomic mass is 10.2. The molecule has 1 aromatic heterocycles. The lowest BCUT2D eigenvalue weighted by molar-refractivity contribution is -0.138. The van der Waals surface area contributed by atoms with E-state index in [1.165, 1.54) is 0 Å². The molecule has 1 rings (SSSR count). The fraction of sp³-hybridized carbons (Fsp3) is 0.500. The number of carbonyl (C=O) groups excluding carboxylic acids is 1. The maximum atomic E-state index is 11.3. The second-order valence-electron chi connectivity index (χ2n) is 3.59. The highest BCUT2D eigenvalue weighted by atomic mass is 16.4. The molecule has 6 heteroatoms. The van der Waals surface area contributed by atoms with Crippen molar-refractivity contribution in [2.24, 2.45) is 0 Å². The van der Waals surface area contributed by atoms with Crippen LogP contribution in [0.1, 0.15) is 19.8 Å². The second-order valence-corrected chi connectivity index (χ2v) is 3.59. The van der Waals surface area contributed by atoms with Crippen molar-refractivity contribution in [3.8, 4) is 0 Å². The number of hydrogen-bond acceptors (Lipinski definition) is 3. The van der Waals surface area contributed by atoms with Crippen molar-refractivity contribution in [2.75, 3.05) is 0 Å². The monoisotopic (exact) mass is 225 g/mol. The van der Waals surface area contributed by atoms with Crippen LogP contribution in [0, 0.1) is 0 Å². The van der Waals surface area contributed by atoms with Crippen LogP contribution in [0.25, 0.3) is 0 Å². The molecule has 88 valence electrons. The Morgan fingerprint density at radius 3 is 2.81 bits per heavy atom. The molecule has 1 amide bonds. The van der Waals surface area contributed by atoms with Crippen LogP contribution in [0.2, 0.25) is 0 Å². The molecular formula is C10H15N3O3. The first-order valence-corrected chi connectivity index (χ1v) is 5.06. The zero-order chi connectivity index (χ0) is 12.0. The summed E-state index contributed by atoms with van der Waals surface area (Å²) in [6.45, 7) is 2.42. The van der Waals surface area contributed by atoms with E-state index in [0.717, 1.165) is 0 Å². The molecule has 16 heavy (non-hydrogen) atoms. The normalized spacial score (nSPS) is 12.1. The van der Waals surface area contributed by atoms with Gasteiger partial charge in [0, 0.05) is 24.9 Å². The molecule has 1 unspecified atom stereocenters. The fourth-order valence-electron chi connectivity index (χ4n) is 1.30. The zero-order valence-corrected chi connectivity index (χ0v) is 9.09. The van der Waals surface area contributed by atoms with Gasteiger partial charge in [-0.25, -0.2) is 0 Å². The minimum absolute atomic E-state index is 0.0127. The first kappa shape index (κ1) is 12.2. The van der Waals surface area contributed by atoms with Gasteiger partial charge in [0.05, 0.1) is 13.0 Å². The molecule has 0 aliphatic carbocycles. The minimum atomic E-state index is -0.963. The summed E-state index contributed by atoms with van der Waals surface area (Å²) >= 11 is 0. The predicted molar refractivity (Wildman–Crippen MR) is 56.7 cm³/mol. The lowest BCUT2D eigenvalue weighted by Gasteiger charge is -2.13. The van der Waals surface area contributed by atoms with Crippen molar-refractivity contribution in [2.45, 2.75) is 32.4 Å². The highest BCUT2D eigenvalue weighted by molar-refractivity contribution is 5.80. The van der Waals surface area contributed by atoms with Gasteiger partial charge in [0.15, 0.2) is 0 Å². The predicted octanol–water partition coefficient (Wildman–Crippen LogP) is 0.253. The van der Waals surface area contributed by atoms with E-state index in [1.54, 1.807) is 23.1 Å². The third-order valence-electron chi connectivity index (χ3n) is 1.99. The van der Waals surface area contributed by atoms with Crippen LogP contribution in [0.4, 0.5) is 0 Å². The van der Waals surface area contributed by atoms with Crippen LogP contribution < -0.4 is 5.32 Å². The smallest absolute Gasteiger partial charge is 0.303 e. The molecular weight excluding hydrogens is 210 g/mol. The van der Waals surface area contributed by atoms with E-state index in [4.69, 9.17) is 5.11 Å². The second kappa shape index (κ2) is 5.89. The van der Waals surface area contributed by atoms with Crippen LogP contribution in [0.3, 0.4) is 0 Å². The van der Waals surface area contributed by atoms with E-state index in [0.29, 0.717) is 6.54 Å². The van der Waals surface area contributed by atoms with Crippen LogP contribution >= 0.6 is 0 Å². The number of hydrogen-bond donors (Lipinski definition) is 2. The quantitative estimate of drug-likeness (QED) is 0.727. The SMILES string of the molecule is CC(Cn1cccn1)NC(=O)CCC(=O)O. The Bertz CT molecular complexity index is 348. The van der Waals surface area contributed by atoms with E-state index in [1.807, 2.05) is 6.92 Å². The Morgan fingerprint density at radius 2 is 2.25 bits per heavy atom. The maximum absolute atomic E-state index is 11.3. The maximum Gasteiger partial charge on any atom is 0.303 e. The molecule has 1 atom stereocenters. The third kappa shape index (κ3) is 4.59. The van der Waals surface area contributed by atoms with Crippen molar-refractivity contribution >= 4 is 11.9 Å². The van der Waals surface area contributed by atoms with Crippen LogP contribution in [-0.2, 0) is 16.1 Å². The minimum Gasteiger partial charge on any atom is -0.481 e. The van der Waals surface area contributed by atoms with Gasteiger partial charge in [0.25, 0.3) is 0 Å². The number of carbonyl (C=O) groups is 2. The summed E-state index contributed by atoms with van der Waals surface area (Å²) < 4.78 is 1.71. The number of amides is 1. The molecule has 0 fully saturated rings. The van der Waals surface area contributed by atoms with E-state index in [9.17, 15) is 9.59 Å². The molecule has 0 saturated heterocycles. The average molecular weight is 225 g/mol. The molecule has 0 aromatic carbocycles. The van der Waals surface area contributed by atoms with Crippen molar-refractivity contribution in [1.29, 1.82) is 0 Å². The van der Waals surface area contributed by atoms with Gasteiger partial charge < -0.3 is 10.4 Å². The molecule has 0 aliphatic heterocycles. The molecule has 1 aromatic rings. The van der Waals surface area contributed by atoms with E-state index >= 15 is 0 Å². The number of nitrogens with one attached hydrogen (secondary N) is 1. The van der Waals surface area contributed by atoms with Gasteiger partial charge in [0.2, 0.25) is 5.91 Å². The fourth-order valence-corrected chi connectivity index (χ4v) is 1.30. The van der Waals surface area contributed by atoms with Crippen LogP contribution in [0.5, 0.6) is 0 Å². The van der Waals surface area contributed by atoms with Crippen LogP contribution in [0.15, 0.2) is 18.5 Å². The van der Waals surface area contributed by atoms with Crippen LogP contribution in [-0.4, -0.2) is 32.8 Å². The summed E-state index contributed by atoms with van der Waals surface area (Å²) in [7, 11) is 0. The first-order chi connectivity index (χ1) is 7.58. The number of aromatic nitrogens is 2. The highest BCUT2D eigenvalue weighted by Crippen LogP contribution is 1.94. The van der Waals surface area contributed by atoms with Gasteiger partial charge in [-0.1, -0.05) is 0 Å². The number of aliphatic carboxylic acids is 1. The van der Waals surface area contributed by atoms with Gasteiger partial charge in [0.1, 0.15) is 0 Å². The molecule has 0 saturated carbocycles. The molecule has 0 bridgehead atoms. The summed E-state index contributed by atoms with van der Waals surface area (Å²) in [6, 6.07) is 1.74. The number of rotatable bonds is 6. The third-order valence-corrected chi connectivity index (χ3v) is 1.99. The van der Waals surface area contributed by atoms with Gasteiger partial charge in [-0.2, -0.15) is 5.10 Å². The Morgan fingerprint density at radius 1 is 1.50 bits per heavy atom. The Kier molecular flexibility index (Phi) is 4.50. The molecule has 0 spiro atoms. The van der Waals surface area contributed by atoms with Crippen molar-refractivity contribution in [1.82, 2.24) is 15.1 Å². The Balaban J connectivity index is 2.25. The van der Waals surface area contributed by atoms with E-state index in [-0.39, 0.29) is 24.8 Å². The topological polar surface area (TPSA) is 84.2 Å². The van der Waals surface area contributed by atoms with Gasteiger partial charge >= 0.3 is 5.97 Å². The number of carboxylic acid groups (broad SMARTS) is 1. The standard InChI is InChI=1S/C10H15N3O3/c1-8(7-13-6-2-5-11-13)12-9(14)3-4-10(15)16/h2,5-6,8H,3-4,7H2,1H3,(H,12,14)(H,15,16). The van der Waals surface area contributed by atoms with Crippen molar-refractivity contribution in [3.05, 3.63) is 18.5 Å². The first-order valence-electron chi connectivity index (χ1n) is 5.06. The summed E-state index contributed by atoms with van der Waals surface area (Å²) in [5, 5.41) is 15.1. The summed E-state index contributed by atoms with van der Waals surface area (Å²) in [5.41, 5.74) is 0. The van der Waals surface area contributed by atoms with E-state index in [2.05, 4.69) is 10.4 Å². The number of nitrogens with zero attached hydrogens (tertiary/aromatic N) is 2. The summed E-state index contributed by atoms with van der Waals surface area (Å²) in [4.78, 5) is 21.5. The summed E-state index contributed by atoms with van der Waals surface area (Å²) in [6.07, 6.45) is 3.35. The Hall–Kier alpha value is -1.85. The largest absolute Gasteiger partial charge is 0.481 e. The van der Waals surface area contributed by atoms with Gasteiger partial charge in [-0.05, 0) is 13.0 Å². The number of carboxylic acids is 1. The molecule has 6 nitrogen and oxygen atoms in total. The van der Waals surface area contributed by atoms with Crippen molar-refractivity contribution in [3.63, 3.8) is 0 Å². The summed E-state index contributed by atoms with van der Waals surface area (Å²) in [5.74, 6) is -1.21. The molecule has 0 aliphatic rings. The van der Waals surface area contributed by atoms with Gasteiger partial charge in [-0.3, -0.25) is 14.3 Å². The van der Waals surface area contributed by atoms with E-state index < -0.39 is 5.97 Å². The Labute approximate surface area is 93.3 Å². The molecule has 0 radical (unpaired) electrons. The van der Waals surface area contributed by atoms with Gasteiger partial charge in [-0.15, -0.1) is 0 Å². The lowest BCUT2D eigenvalue weighted by Crippen LogP contribution is -2.35. The molecule has 2 N–H and O–H groups in total. The zero-order valence-electron chi connectivity index (χ0n) is 9.09. The molecule has 1 heterocycles.